The summed E-state index contributed by atoms with van der Waals surface area (Å²) in [4.78, 5) is 14.8. The van der Waals surface area contributed by atoms with E-state index in [0.29, 0.717) is 25.0 Å². The Hall–Kier alpha value is -0.810. The molecule has 6 heteroatoms. The summed E-state index contributed by atoms with van der Waals surface area (Å²) in [6, 6.07) is 11.3. The van der Waals surface area contributed by atoms with E-state index in [4.69, 9.17) is 0 Å². The molecule has 2 unspecified atom stereocenters. The summed E-state index contributed by atoms with van der Waals surface area (Å²) in [5.74, 6) is 1.00. The Morgan fingerprint density at radius 2 is 1.88 bits per heavy atom. The average Bonchev–Trinajstić information content (AvgIpc) is 3.10. The van der Waals surface area contributed by atoms with E-state index in [1.165, 1.54) is 24.8 Å². The number of hydrogen-bond donors (Lipinski definition) is 2. The van der Waals surface area contributed by atoms with Gasteiger partial charge in [0.05, 0.1) is 6.04 Å². The Labute approximate surface area is 170 Å². The van der Waals surface area contributed by atoms with Crippen LogP contribution in [0.4, 0.5) is 0 Å². The lowest BCUT2D eigenvalue weighted by atomic mass is 9.95. The minimum absolute atomic E-state index is 0. The number of rotatable bonds is 6. The third-order valence-electron chi connectivity index (χ3n) is 5.53. The summed E-state index contributed by atoms with van der Waals surface area (Å²) in [6.07, 6.45) is 5.43. The summed E-state index contributed by atoms with van der Waals surface area (Å²) in [5.41, 5.74) is 1.31. The molecule has 3 rings (SSSR count). The van der Waals surface area contributed by atoms with Crippen molar-refractivity contribution in [1.82, 2.24) is 15.5 Å². The van der Waals surface area contributed by atoms with Crippen molar-refractivity contribution in [3.05, 3.63) is 35.9 Å². The predicted molar refractivity (Wildman–Crippen MR) is 112 cm³/mol. The maximum Gasteiger partial charge on any atom is 0.221 e. The highest BCUT2D eigenvalue weighted by Gasteiger charge is 2.25. The number of carbonyl (C=O) groups is 1. The van der Waals surface area contributed by atoms with Crippen molar-refractivity contribution in [2.75, 3.05) is 26.2 Å². The quantitative estimate of drug-likeness (QED) is 0.765. The molecule has 2 aliphatic heterocycles. The number of halogens is 2. The van der Waals surface area contributed by atoms with Gasteiger partial charge in [-0.3, -0.25) is 9.69 Å². The monoisotopic (exact) mass is 401 g/mol. The molecule has 148 valence electrons. The van der Waals surface area contributed by atoms with Gasteiger partial charge in [0.15, 0.2) is 0 Å². The number of amides is 1. The topological polar surface area (TPSA) is 44.4 Å². The smallest absolute Gasteiger partial charge is 0.221 e. The molecule has 4 nitrogen and oxygen atoms in total. The first-order valence-electron chi connectivity index (χ1n) is 9.51. The van der Waals surface area contributed by atoms with Gasteiger partial charge in [-0.05, 0) is 56.8 Å². The highest BCUT2D eigenvalue weighted by molar-refractivity contribution is 5.85. The molecule has 0 spiro atoms. The third kappa shape index (κ3) is 6.73. The van der Waals surface area contributed by atoms with Gasteiger partial charge < -0.3 is 10.6 Å². The molecule has 1 amide bonds. The van der Waals surface area contributed by atoms with Crippen LogP contribution >= 0.6 is 24.8 Å². The number of nitrogens with one attached hydrogen (secondary N) is 2. The summed E-state index contributed by atoms with van der Waals surface area (Å²) >= 11 is 0. The Kier molecular flexibility index (Phi) is 10.6. The molecule has 2 heterocycles. The van der Waals surface area contributed by atoms with Crippen molar-refractivity contribution < 1.29 is 4.79 Å². The van der Waals surface area contributed by atoms with Crippen LogP contribution in [-0.2, 0) is 4.79 Å². The standard InChI is InChI=1S/C20H31N3O.2ClH/c1-16-9-12-23(13-10-16)19(17-6-3-2-4-7-17)15-22-20(24)14-18-8-5-11-21-18;;/h2-4,6-7,16,18-19,21H,5,8-15H2,1H3,(H,22,24);2*1H. The number of nitrogens with zero attached hydrogens (tertiary/aromatic N) is 1. The van der Waals surface area contributed by atoms with Gasteiger partial charge in [-0.15, -0.1) is 24.8 Å². The van der Waals surface area contributed by atoms with E-state index in [-0.39, 0.29) is 30.7 Å². The molecule has 0 bridgehead atoms. The zero-order valence-corrected chi connectivity index (χ0v) is 17.3. The molecular formula is C20H33Cl2N3O. The molecular weight excluding hydrogens is 369 g/mol. The zero-order chi connectivity index (χ0) is 16.8. The van der Waals surface area contributed by atoms with Crippen LogP contribution in [0.5, 0.6) is 0 Å². The second kappa shape index (κ2) is 11.8. The Bertz CT molecular complexity index is 515. The summed E-state index contributed by atoms with van der Waals surface area (Å²) in [7, 11) is 0. The first kappa shape index (κ1) is 23.2. The van der Waals surface area contributed by atoms with Gasteiger partial charge in [-0.2, -0.15) is 0 Å². The molecule has 0 saturated carbocycles. The molecule has 2 N–H and O–H groups in total. The maximum absolute atomic E-state index is 12.3. The van der Waals surface area contributed by atoms with E-state index in [1.54, 1.807) is 0 Å². The van der Waals surface area contributed by atoms with Crippen LogP contribution in [0.2, 0.25) is 0 Å². The van der Waals surface area contributed by atoms with Crippen LogP contribution in [0.15, 0.2) is 30.3 Å². The lowest BCUT2D eigenvalue weighted by Gasteiger charge is -2.37. The SMILES string of the molecule is CC1CCN(C(CNC(=O)CC2CCCN2)c2ccccc2)CC1.Cl.Cl. The van der Waals surface area contributed by atoms with E-state index >= 15 is 0 Å². The van der Waals surface area contributed by atoms with Crippen LogP contribution in [0.1, 0.15) is 50.6 Å². The Morgan fingerprint density at radius 1 is 1.19 bits per heavy atom. The minimum atomic E-state index is 0. The summed E-state index contributed by atoms with van der Waals surface area (Å²) in [6.45, 7) is 6.35. The fraction of sp³-hybridized carbons (Fsp3) is 0.650. The van der Waals surface area contributed by atoms with E-state index in [9.17, 15) is 4.79 Å². The zero-order valence-electron chi connectivity index (χ0n) is 15.7. The van der Waals surface area contributed by atoms with Gasteiger partial charge >= 0.3 is 0 Å². The number of likely N-dealkylation sites (tertiary alicyclic amines) is 1. The molecule has 0 aliphatic carbocycles. The van der Waals surface area contributed by atoms with Gasteiger partial charge in [-0.25, -0.2) is 0 Å². The van der Waals surface area contributed by atoms with Crippen molar-refractivity contribution in [3.63, 3.8) is 0 Å². The molecule has 1 aromatic rings. The molecule has 26 heavy (non-hydrogen) atoms. The van der Waals surface area contributed by atoms with Crippen LogP contribution in [0.3, 0.4) is 0 Å². The first-order valence-corrected chi connectivity index (χ1v) is 9.51. The van der Waals surface area contributed by atoms with Crippen LogP contribution in [-0.4, -0.2) is 43.0 Å². The highest BCUT2D eigenvalue weighted by Crippen LogP contribution is 2.26. The highest BCUT2D eigenvalue weighted by atomic mass is 35.5. The Morgan fingerprint density at radius 3 is 2.50 bits per heavy atom. The third-order valence-corrected chi connectivity index (χ3v) is 5.53. The van der Waals surface area contributed by atoms with Gasteiger partial charge in [0.25, 0.3) is 0 Å². The van der Waals surface area contributed by atoms with E-state index < -0.39 is 0 Å². The minimum Gasteiger partial charge on any atom is -0.354 e. The largest absolute Gasteiger partial charge is 0.354 e. The predicted octanol–water partition coefficient (Wildman–Crippen LogP) is 3.56. The van der Waals surface area contributed by atoms with Crippen LogP contribution in [0, 0.1) is 5.92 Å². The summed E-state index contributed by atoms with van der Waals surface area (Å²) in [5, 5.41) is 6.60. The molecule has 2 fully saturated rings. The lowest BCUT2D eigenvalue weighted by molar-refractivity contribution is -0.121. The van der Waals surface area contributed by atoms with E-state index in [1.807, 2.05) is 0 Å². The van der Waals surface area contributed by atoms with Gasteiger partial charge in [0.1, 0.15) is 0 Å². The molecule has 2 saturated heterocycles. The van der Waals surface area contributed by atoms with Crippen molar-refractivity contribution in [2.24, 2.45) is 5.92 Å². The molecule has 0 radical (unpaired) electrons. The number of piperidine rings is 1. The Balaban J connectivity index is 0.00000169. The van der Waals surface area contributed by atoms with Crippen molar-refractivity contribution in [1.29, 1.82) is 0 Å². The fourth-order valence-electron chi connectivity index (χ4n) is 3.91. The van der Waals surface area contributed by atoms with Crippen molar-refractivity contribution >= 4 is 30.7 Å². The van der Waals surface area contributed by atoms with E-state index in [0.717, 1.165) is 32.0 Å². The molecule has 2 aliphatic rings. The van der Waals surface area contributed by atoms with Gasteiger partial charge in [0, 0.05) is 19.0 Å². The molecule has 1 aromatic carbocycles. The number of benzene rings is 1. The first-order chi connectivity index (χ1) is 11.7. The second-order valence-electron chi connectivity index (χ2n) is 7.45. The number of carbonyl (C=O) groups excluding carboxylic acids is 1. The summed E-state index contributed by atoms with van der Waals surface area (Å²) < 4.78 is 0. The maximum atomic E-state index is 12.3. The van der Waals surface area contributed by atoms with Crippen molar-refractivity contribution in [3.8, 4) is 0 Å². The van der Waals surface area contributed by atoms with Crippen LogP contribution in [0.25, 0.3) is 0 Å². The van der Waals surface area contributed by atoms with Gasteiger partial charge in [0.2, 0.25) is 5.91 Å². The number of hydrogen-bond acceptors (Lipinski definition) is 3. The van der Waals surface area contributed by atoms with Crippen LogP contribution < -0.4 is 10.6 Å². The fourth-order valence-corrected chi connectivity index (χ4v) is 3.91. The molecule has 2 atom stereocenters. The molecule has 0 aromatic heterocycles. The average molecular weight is 402 g/mol. The second-order valence-corrected chi connectivity index (χ2v) is 7.45. The lowest BCUT2D eigenvalue weighted by Crippen LogP contribution is -2.42. The van der Waals surface area contributed by atoms with Crippen molar-refractivity contribution in [2.45, 2.75) is 51.1 Å². The van der Waals surface area contributed by atoms with Gasteiger partial charge in [-0.1, -0.05) is 37.3 Å². The van der Waals surface area contributed by atoms with E-state index in [2.05, 4.69) is 52.8 Å². The normalized spacial score (nSPS) is 22.1.